The number of hydrazone groups is 1. The number of rotatable bonds is 4. The maximum atomic E-state index is 11.5. The van der Waals surface area contributed by atoms with Crippen LogP contribution >= 0.6 is 0 Å². The molecule has 1 aromatic heterocycles. The first-order valence-corrected chi connectivity index (χ1v) is 6.39. The van der Waals surface area contributed by atoms with E-state index in [1.165, 1.54) is 6.21 Å². The SMILES string of the molecule is O=C(NC[C@H]1CCCO1)C(=O)N/N=C\c1ccccn1. The van der Waals surface area contributed by atoms with Gasteiger partial charge in [0.1, 0.15) is 0 Å². The molecule has 0 saturated carbocycles. The van der Waals surface area contributed by atoms with Crippen LogP contribution in [0.25, 0.3) is 0 Å². The molecule has 0 unspecified atom stereocenters. The number of nitrogens with zero attached hydrogens (tertiary/aromatic N) is 2. The van der Waals surface area contributed by atoms with Gasteiger partial charge in [-0.15, -0.1) is 0 Å². The van der Waals surface area contributed by atoms with Crippen molar-refractivity contribution in [3.8, 4) is 0 Å². The molecule has 1 aliphatic rings. The van der Waals surface area contributed by atoms with E-state index in [-0.39, 0.29) is 6.10 Å². The van der Waals surface area contributed by atoms with Crippen molar-refractivity contribution in [2.75, 3.05) is 13.2 Å². The lowest BCUT2D eigenvalue weighted by atomic mass is 10.2. The van der Waals surface area contributed by atoms with Crippen LogP contribution < -0.4 is 10.7 Å². The lowest BCUT2D eigenvalue weighted by Gasteiger charge is -2.09. The summed E-state index contributed by atoms with van der Waals surface area (Å²) >= 11 is 0. The van der Waals surface area contributed by atoms with Crippen molar-refractivity contribution in [3.05, 3.63) is 30.1 Å². The summed E-state index contributed by atoms with van der Waals surface area (Å²) in [6.45, 7) is 1.05. The topological polar surface area (TPSA) is 92.7 Å². The molecule has 0 radical (unpaired) electrons. The van der Waals surface area contributed by atoms with Crippen LogP contribution in [0, 0.1) is 0 Å². The third kappa shape index (κ3) is 4.43. The van der Waals surface area contributed by atoms with Crippen molar-refractivity contribution in [2.45, 2.75) is 18.9 Å². The highest BCUT2D eigenvalue weighted by atomic mass is 16.5. The number of hydrogen-bond donors (Lipinski definition) is 2. The number of carbonyl (C=O) groups is 2. The average Bonchev–Trinajstić information content (AvgIpc) is 2.99. The minimum atomic E-state index is -0.810. The lowest BCUT2D eigenvalue weighted by molar-refractivity contribution is -0.139. The molecule has 2 N–H and O–H groups in total. The van der Waals surface area contributed by atoms with Gasteiger partial charge in [-0.05, 0) is 25.0 Å². The van der Waals surface area contributed by atoms with Gasteiger partial charge >= 0.3 is 11.8 Å². The number of amides is 2. The van der Waals surface area contributed by atoms with Crippen molar-refractivity contribution in [2.24, 2.45) is 5.10 Å². The number of pyridine rings is 1. The van der Waals surface area contributed by atoms with E-state index >= 15 is 0 Å². The Hall–Kier alpha value is -2.28. The number of hydrogen-bond acceptors (Lipinski definition) is 5. The average molecular weight is 276 g/mol. The monoisotopic (exact) mass is 276 g/mol. The number of aromatic nitrogens is 1. The van der Waals surface area contributed by atoms with E-state index < -0.39 is 11.8 Å². The number of nitrogens with one attached hydrogen (secondary N) is 2. The second kappa shape index (κ2) is 7.34. The van der Waals surface area contributed by atoms with E-state index in [0.29, 0.717) is 18.8 Å². The van der Waals surface area contributed by atoms with Gasteiger partial charge in [-0.1, -0.05) is 6.07 Å². The maximum absolute atomic E-state index is 11.5. The quantitative estimate of drug-likeness (QED) is 0.453. The second-order valence-corrected chi connectivity index (χ2v) is 4.30. The van der Waals surface area contributed by atoms with E-state index in [4.69, 9.17) is 4.74 Å². The van der Waals surface area contributed by atoms with E-state index in [2.05, 4.69) is 20.8 Å². The first-order chi connectivity index (χ1) is 9.75. The smallest absolute Gasteiger partial charge is 0.329 e. The van der Waals surface area contributed by atoms with E-state index in [1.54, 1.807) is 24.4 Å². The van der Waals surface area contributed by atoms with Crippen LogP contribution in [-0.2, 0) is 14.3 Å². The Bertz CT molecular complexity index is 484. The van der Waals surface area contributed by atoms with Crippen LogP contribution in [-0.4, -0.2) is 42.3 Å². The zero-order valence-electron chi connectivity index (χ0n) is 10.9. The van der Waals surface area contributed by atoms with Crippen molar-refractivity contribution < 1.29 is 14.3 Å². The molecule has 1 aliphatic heterocycles. The molecule has 1 atom stereocenters. The molecule has 2 rings (SSSR count). The fourth-order valence-electron chi connectivity index (χ4n) is 1.75. The van der Waals surface area contributed by atoms with Crippen molar-refractivity contribution in [1.29, 1.82) is 0 Å². The fourth-order valence-corrected chi connectivity index (χ4v) is 1.75. The highest BCUT2D eigenvalue weighted by Crippen LogP contribution is 2.10. The van der Waals surface area contributed by atoms with E-state index in [1.807, 2.05) is 0 Å². The van der Waals surface area contributed by atoms with Crippen molar-refractivity contribution in [3.63, 3.8) is 0 Å². The Morgan fingerprint density at radius 3 is 3.05 bits per heavy atom. The van der Waals surface area contributed by atoms with Crippen molar-refractivity contribution >= 4 is 18.0 Å². The Morgan fingerprint density at radius 1 is 1.45 bits per heavy atom. The van der Waals surface area contributed by atoms with Crippen LogP contribution in [0.15, 0.2) is 29.5 Å². The van der Waals surface area contributed by atoms with Gasteiger partial charge in [0.15, 0.2) is 0 Å². The molecular weight excluding hydrogens is 260 g/mol. The molecular formula is C13H16N4O3. The minimum absolute atomic E-state index is 0.00349. The third-order valence-corrected chi connectivity index (χ3v) is 2.77. The Balaban J connectivity index is 1.71. The molecule has 0 spiro atoms. The molecule has 7 nitrogen and oxygen atoms in total. The van der Waals surface area contributed by atoms with Gasteiger partial charge in [-0.25, -0.2) is 5.43 Å². The molecule has 0 aromatic carbocycles. The molecule has 1 fully saturated rings. The first-order valence-electron chi connectivity index (χ1n) is 6.39. The molecule has 2 amide bonds. The number of ether oxygens (including phenoxy) is 1. The summed E-state index contributed by atoms with van der Waals surface area (Å²) in [6.07, 6.45) is 4.87. The molecule has 0 bridgehead atoms. The Morgan fingerprint density at radius 2 is 2.35 bits per heavy atom. The van der Waals surface area contributed by atoms with Gasteiger partial charge in [-0.2, -0.15) is 5.10 Å². The van der Waals surface area contributed by atoms with Crippen LogP contribution in [0.3, 0.4) is 0 Å². The van der Waals surface area contributed by atoms with Crippen LogP contribution in [0.5, 0.6) is 0 Å². The van der Waals surface area contributed by atoms with Gasteiger partial charge in [0.05, 0.1) is 18.0 Å². The van der Waals surface area contributed by atoms with Gasteiger partial charge in [0.25, 0.3) is 0 Å². The highest BCUT2D eigenvalue weighted by molar-refractivity contribution is 6.35. The summed E-state index contributed by atoms with van der Waals surface area (Å²) in [5.74, 6) is -1.53. The summed E-state index contributed by atoms with van der Waals surface area (Å²) in [6, 6.07) is 5.30. The summed E-state index contributed by atoms with van der Waals surface area (Å²) in [7, 11) is 0. The molecule has 20 heavy (non-hydrogen) atoms. The van der Waals surface area contributed by atoms with E-state index in [9.17, 15) is 9.59 Å². The van der Waals surface area contributed by atoms with Gasteiger partial charge in [0.2, 0.25) is 0 Å². The summed E-state index contributed by atoms with van der Waals surface area (Å²) in [5, 5.41) is 6.17. The highest BCUT2D eigenvalue weighted by Gasteiger charge is 2.18. The van der Waals surface area contributed by atoms with Crippen molar-refractivity contribution in [1.82, 2.24) is 15.7 Å². The zero-order chi connectivity index (χ0) is 14.2. The summed E-state index contributed by atoms with van der Waals surface area (Å²) < 4.78 is 5.34. The van der Waals surface area contributed by atoms with Gasteiger partial charge in [-0.3, -0.25) is 14.6 Å². The molecule has 0 aliphatic carbocycles. The second-order valence-electron chi connectivity index (χ2n) is 4.30. The van der Waals surface area contributed by atoms with Crippen LogP contribution in [0.2, 0.25) is 0 Å². The van der Waals surface area contributed by atoms with Gasteiger partial charge in [0, 0.05) is 19.3 Å². The molecule has 106 valence electrons. The fraction of sp³-hybridized carbons (Fsp3) is 0.385. The lowest BCUT2D eigenvalue weighted by Crippen LogP contribution is -2.41. The Labute approximate surface area is 116 Å². The first kappa shape index (κ1) is 14.1. The Kier molecular flexibility index (Phi) is 5.19. The molecule has 1 saturated heterocycles. The van der Waals surface area contributed by atoms with Gasteiger partial charge < -0.3 is 10.1 Å². The normalized spacial score (nSPS) is 18.1. The summed E-state index contributed by atoms with van der Waals surface area (Å²) in [5.41, 5.74) is 2.73. The zero-order valence-corrected chi connectivity index (χ0v) is 10.9. The largest absolute Gasteiger partial charge is 0.376 e. The summed E-state index contributed by atoms with van der Waals surface area (Å²) in [4.78, 5) is 26.9. The third-order valence-electron chi connectivity index (χ3n) is 2.77. The molecule has 7 heteroatoms. The molecule has 2 heterocycles. The number of carbonyl (C=O) groups excluding carboxylic acids is 2. The maximum Gasteiger partial charge on any atom is 0.329 e. The minimum Gasteiger partial charge on any atom is -0.376 e. The predicted molar refractivity (Wildman–Crippen MR) is 72.0 cm³/mol. The standard InChI is InChI=1S/C13H16N4O3/c18-12(15-9-11-5-3-7-20-11)13(19)17-16-8-10-4-1-2-6-14-10/h1-2,4,6,8,11H,3,5,7,9H2,(H,15,18)(H,17,19)/b16-8-/t11-/m1/s1. The van der Waals surface area contributed by atoms with E-state index in [0.717, 1.165) is 12.8 Å². The van der Waals surface area contributed by atoms with Crippen LogP contribution in [0.4, 0.5) is 0 Å². The predicted octanol–water partition coefficient (Wildman–Crippen LogP) is -0.173. The molecule has 1 aromatic rings. The van der Waals surface area contributed by atoms with Crippen LogP contribution in [0.1, 0.15) is 18.5 Å².